The SMILES string of the molecule is O=[N+]([O-])c1cccc2oc(NCC(F)(F)F)nc12. The number of benzene rings is 1. The van der Waals surface area contributed by atoms with E-state index >= 15 is 0 Å². The molecule has 1 heterocycles. The molecule has 0 aliphatic rings. The summed E-state index contributed by atoms with van der Waals surface area (Å²) in [7, 11) is 0. The van der Waals surface area contributed by atoms with E-state index in [1.54, 1.807) is 0 Å². The van der Waals surface area contributed by atoms with Gasteiger partial charge in [-0.15, -0.1) is 0 Å². The molecular weight excluding hydrogens is 255 g/mol. The average molecular weight is 261 g/mol. The maximum atomic E-state index is 12.0. The number of non-ortho nitro benzene ring substituents is 1. The van der Waals surface area contributed by atoms with Crippen molar-refractivity contribution in [1.29, 1.82) is 0 Å². The van der Waals surface area contributed by atoms with Crippen molar-refractivity contribution in [2.24, 2.45) is 0 Å². The van der Waals surface area contributed by atoms with Crippen LogP contribution in [0.5, 0.6) is 0 Å². The number of nitrogens with one attached hydrogen (secondary N) is 1. The molecule has 0 saturated heterocycles. The number of aromatic nitrogens is 1. The zero-order valence-corrected chi connectivity index (χ0v) is 8.69. The van der Waals surface area contributed by atoms with Crippen molar-refractivity contribution < 1.29 is 22.5 Å². The van der Waals surface area contributed by atoms with E-state index in [9.17, 15) is 23.3 Å². The lowest BCUT2D eigenvalue weighted by Gasteiger charge is -2.04. The van der Waals surface area contributed by atoms with E-state index in [0.717, 1.165) is 0 Å². The lowest BCUT2D eigenvalue weighted by Crippen LogP contribution is -2.21. The van der Waals surface area contributed by atoms with Gasteiger partial charge in [0.2, 0.25) is 0 Å². The van der Waals surface area contributed by atoms with E-state index in [-0.39, 0.29) is 16.8 Å². The molecule has 0 fully saturated rings. The van der Waals surface area contributed by atoms with Gasteiger partial charge in [0.25, 0.3) is 11.7 Å². The topological polar surface area (TPSA) is 81.2 Å². The first-order chi connectivity index (χ1) is 8.37. The second-order valence-electron chi connectivity index (χ2n) is 3.37. The number of rotatable bonds is 3. The highest BCUT2D eigenvalue weighted by molar-refractivity contribution is 5.83. The summed E-state index contributed by atoms with van der Waals surface area (Å²) in [5.41, 5.74) is -0.364. The van der Waals surface area contributed by atoms with Crippen LogP contribution in [0.2, 0.25) is 0 Å². The molecule has 1 aromatic heterocycles. The molecule has 96 valence electrons. The van der Waals surface area contributed by atoms with Gasteiger partial charge in [0, 0.05) is 6.07 Å². The minimum absolute atomic E-state index is 0.0499. The van der Waals surface area contributed by atoms with Crippen molar-refractivity contribution in [2.75, 3.05) is 11.9 Å². The van der Waals surface area contributed by atoms with Crippen LogP contribution in [0.3, 0.4) is 0 Å². The first-order valence-electron chi connectivity index (χ1n) is 4.71. The van der Waals surface area contributed by atoms with Crippen LogP contribution in [0.1, 0.15) is 0 Å². The lowest BCUT2D eigenvalue weighted by atomic mass is 10.3. The molecule has 0 bridgehead atoms. The Morgan fingerprint density at radius 2 is 2.17 bits per heavy atom. The molecule has 0 radical (unpaired) electrons. The van der Waals surface area contributed by atoms with Gasteiger partial charge >= 0.3 is 6.18 Å². The van der Waals surface area contributed by atoms with E-state index in [0.29, 0.717) is 0 Å². The van der Waals surface area contributed by atoms with Gasteiger partial charge in [-0.2, -0.15) is 18.2 Å². The molecule has 9 heteroatoms. The van der Waals surface area contributed by atoms with Crippen molar-refractivity contribution in [3.8, 4) is 0 Å². The number of para-hydroxylation sites is 1. The van der Waals surface area contributed by atoms with E-state index in [4.69, 9.17) is 4.42 Å². The second kappa shape index (κ2) is 4.17. The molecule has 1 aromatic carbocycles. The van der Waals surface area contributed by atoms with E-state index in [2.05, 4.69) is 4.98 Å². The van der Waals surface area contributed by atoms with Crippen LogP contribution in [-0.4, -0.2) is 22.6 Å². The van der Waals surface area contributed by atoms with E-state index < -0.39 is 23.7 Å². The summed E-state index contributed by atoms with van der Waals surface area (Å²) in [4.78, 5) is 13.6. The fourth-order valence-corrected chi connectivity index (χ4v) is 1.33. The summed E-state index contributed by atoms with van der Waals surface area (Å²) < 4.78 is 40.8. The maximum absolute atomic E-state index is 12.0. The number of alkyl halides is 3. The van der Waals surface area contributed by atoms with Gasteiger partial charge in [0.1, 0.15) is 6.54 Å². The largest absolute Gasteiger partial charge is 0.423 e. The van der Waals surface area contributed by atoms with Crippen LogP contribution in [0, 0.1) is 10.1 Å². The molecule has 0 amide bonds. The number of hydrogen-bond donors (Lipinski definition) is 1. The molecule has 18 heavy (non-hydrogen) atoms. The molecule has 6 nitrogen and oxygen atoms in total. The predicted octanol–water partition coefficient (Wildman–Crippen LogP) is 2.71. The number of fused-ring (bicyclic) bond motifs is 1. The van der Waals surface area contributed by atoms with Gasteiger partial charge in [-0.1, -0.05) is 6.07 Å². The molecule has 2 aromatic rings. The molecule has 0 atom stereocenters. The van der Waals surface area contributed by atoms with Crippen molar-refractivity contribution in [3.05, 3.63) is 28.3 Å². The Bertz CT molecular complexity index is 593. The quantitative estimate of drug-likeness (QED) is 0.678. The minimum atomic E-state index is -4.42. The number of nitrogens with zero attached hydrogens (tertiary/aromatic N) is 2. The fourth-order valence-electron chi connectivity index (χ4n) is 1.33. The van der Waals surface area contributed by atoms with Gasteiger partial charge in [0.05, 0.1) is 4.92 Å². The lowest BCUT2D eigenvalue weighted by molar-refractivity contribution is -0.383. The monoisotopic (exact) mass is 261 g/mol. The minimum Gasteiger partial charge on any atom is -0.423 e. The first kappa shape index (κ1) is 12.1. The Morgan fingerprint density at radius 1 is 1.44 bits per heavy atom. The van der Waals surface area contributed by atoms with Crippen LogP contribution < -0.4 is 5.32 Å². The summed E-state index contributed by atoms with van der Waals surface area (Å²) in [6.07, 6.45) is -4.42. The molecule has 0 aliphatic carbocycles. The number of nitro groups is 1. The molecule has 0 unspecified atom stereocenters. The van der Waals surface area contributed by atoms with Crippen molar-refractivity contribution in [1.82, 2.24) is 4.98 Å². The van der Waals surface area contributed by atoms with Gasteiger partial charge < -0.3 is 9.73 Å². The van der Waals surface area contributed by atoms with Crippen LogP contribution in [0.25, 0.3) is 11.1 Å². The molecule has 2 rings (SSSR count). The van der Waals surface area contributed by atoms with Crippen molar-refractivity contribution in [3.63, 3.8) is 0 Å². The van der Waals surface area contributed by atoms with Crippen LogP contribution >= 0.6 is 0 Å². The highest BCUT2D eigenvalue weighted by Gasteiger charge is 2.28. The first-order valence-corrected chi connectivity index (χ1v) is 4.71. The average Bonchev–Trinajstić information content (AvgIpc) is 2.67. The highest BCUT2D eigenvalue weighted by atomic mass is 19.4. The van der Waals surface area contributed by atoms with Crippen molar-refractivity contribution >= 4 is 22.8 Å². The molecule has 0 spiro atoms. The van der Waals surface area contributed by atoms with Crippen LogP contribution in [0.4, 0.5) is 24.9 Å². The van der Waals surface area contributed by atoms with Gasteiger partial charge in [-0.3, -0.25) is 10.1 Å². The van der Waals surface area contributed by atoms with E-state index in [1.165, 1.54) is 18.2 Å². The Kier molecular flexibility index (Phi) is 2.81. The Morgan fingerprint density at radius 3 is 2.78 bits per heavy atom. The summed E-state index contributed by atoms with van der Waals surface area (Å²) in [5.74, 6) is 0. The molecule has 0 aliphatic heterocycles. The Labute approximate surface area is 97.6 Å². The fraction of sp³-hybridized carbons (Fsp3) is 0.222. The predicted molar refractivity (Wildman–Crippen MR) is 55.2 cm³/mol. The highest BCUT2D eigenvalue weighted by Crippen LogP contribution is 2.27. The smallest absolute Gasteiger partial charge is 0.405 e. The van der Waals surface area contributed by atoms with Gasteiger partial charge in [-0.05, 0) is 6.07 Å². The van der Waals surface area contributed by atoms with Crippen LogP contribution in [-0.2, 0) is 0 Å². The standard InChI is InChI=1S/C9H6F3N3O3/c10-9(11,12)4-13-8-14-7-5(15(16)17)2-1-3-6(7)18-8/h1-3H,4H2,(H,13,14). The third-order valence-corrected chi connectivity index (χ3v) is 2.03. The second-order valence-corrected chi connectivity index (χ2v) is 3.37. The Hall–Kier alpha value is -2.32. The maximum Gasteiger partial charge on any atom is 0.405 e. The zero-order valence-electron chi connectivity index (χ0n) is 8.69. The summed E-state index contributed by atoms with van der Waals surface area (Å²) >= 11 is 0. The molecule has 0 saturated carbocycles. The zero-order chi connectivity index (χ0) is 13.3. The summed E-state index contributed by atoms with van der Waals surface area (Å²) in [6, 6.07) is 3.53. The number of anilines is 1. The van der Waals surface area contributed by atoms with Crippen LogP contribution in [0.15, 0.2) is 22.6 Å². The third-order valence-electron chi connectivity index (χ3n) is 2.03. The van der Waals surface area contributed by atoms with E-state index in [1.807, 2.05) is 5.32 Å². The molecule has 1 N–H and O–H groups in total. The van der Waals surface area contributed by atoms with Gasteiger partial charge in [0.15, 0.2) is 11.1 Å². The third kappa shape index (κ3) is 2.50. The Balaban J connectivity index is 2.33. The number of halogens is 3. The number of oxazole rings is 1. The molecular formula is C9H6F3N3O3. The number of hydrogen-bond acceptors (Lipinski definition) is 5. The number of nitro benzene ring substituents is 1. The normalized spacial score (nSPS) is 11.7. The van der Waals surface area contributed by atoms with Gasteiger partial charge in [-0.25, -0.2) is 0 Å². The summed E-state index contributed by atoms with van der Waals surface area (Å²) in [5, 5.41) is 12.6. The summed E-state index contributed by atoms with van der Waals surface area (Å²) in [6.45, 7) is -1.33. The van der Waals surface area contributed by atoms with Crippen molar-refractivity contribution in [2.45, 2.75) is 6.18 Å².